The average Bonchev–Trinajstić information content (AvgIpc) is 2.98. The van der Waals surface area contributed by atoms with E-state index in [0.29, 0.717) is 19.3 Å². The van der Waals surface area contributed by atoms with Crippen molar-refractivity contribution >= 4 is 8.32 Å². The van der Waals surface area contributed by atoms with Crippen LogP contribution < -0.4 is 0 Å². The van der Waals surface area contributed by atoms with E-state index in [4.69, 9.17) is 23.4 Å². The number of hydrogen-bond acceptors (Lipinski definition) is 8. The van der Waals surface area contributed by atoms with Gasteiger partial charge in [-0.25, -0.2) is 0 Å². The van der Waals surface area contributed by atoms with Gasteiger partial charge in [-0.2, -0.15) is 0 Å². The van der Waals surface area contributed by atoms with Crippen LogP contribution in [-0.4, -0.2) is 90.5 Å². The van der Waals surface area contributed by atoms with Crippen molar-refractivity contribution in [2.45, 2.75) is 125 Å². The highest BCUT2D eigenvalue weighted by Gasteiger charge is 2.70. The molecule has 0 aromatic heterocycles. The molecule has 4 aliphatic heterocycles. The van der Waals surface area contributed by atoms with Crippen molar-refractivity contribution in [3.05, 3.63) is 0 Å². The van der Waals surface area contributed by atoms with Gasteiger partial charge in [0.25, 0.3) is 0 Å². The summed E-state index contributed by atoms with van der Waals surface area (Å²) in [5.41, 5.74) is -2.32. The zero-order valence-corrected chi connectivity index (χ0v) is 21.6. The molecule has 0 unspecified atom stereocenters. The SMILES string of the molecule is CC(C)(C)[Si](C)(C)O[C@H]1C[C@H]2O[C@@H]3C[C@H](O)[C@@]4(CCO)OC[C@]3(C[C@]2(C)O[C@]1(C)CO)O4. The maximum absolute atomic E-state index is 10.8. The predicted molar refractivity (Wildman–Crippen MR) is 120 cm³/mol. The minimum Gasteiger partial charge on any atom is -0.411 e. The molecule has 4 fully saturated rings. The third kappa shape index (κ3) is 3.72. The van der Waals surface area contributed by atoms with Gasteiger partial charge in [-0.15, -0.1) is 0 Å². The minimum absolute atomic E-state index is 0.0279. The van der Waals surface area contributed by atoms with E-state index in [1.165, 1.54) is 0 Å². The molecule has 0 radical (unpaired) electrons. The first-order valence-corrected chi connectivity index (χ1v) is 14.8. The number of fused-ring (bicyclic) bond motifs is 2. The molecule has 0 aromatic rings. The highest BCUT2D eigenvalue weighted by molar-refractivity contribution is 6.74. The first-order chi connectivity index (χ1) is 14.6. The Morgan fingerprint density at radius 1 is 1.06 bits per heavy atom. The summed E-state index contributed by atoms with van der Waals surface area (Å²) < 4.78 is 32.3. The molecule has 4 heterocycles. The van der Waals surface area contributed by atoms with Gasteiger partial charge in [-0.3, -0.25) is 0 Å². The molecule has 4 aliphatic rings. The molecule has 4 saturated heterocycles. The van der Waals surface area contributed by atoms with Crippen LogP contribution in [-0.2, 0) is 23.4 Å². The highest BCUT2D eigenvalue weighted by Crippen LogP contribution is 2.56. The first kappa shape index (κ1) is 25.0. The summed E-state index contributed by atoms with van der Waals surface area (Å²) in [7, 11) is -2.11. The topological polar surface area (TPSA) is 107 Å². The summed E-state index contributed by atoms with van der Waals surface area (Å²) in [5.74, 6) is -1.19. The number of aliphatic hydroxyl groups excluding tert-OH is 3. The van der Waals surface area contributed by atoms with Crippen molar-refractivity contribution in [2.24, 2.45) is 0 Å². The van der Waals surface area contributed by atoms with Crippen LogP contribution in [0.4, 0.5) is 0 Å². The molecule has 8 nitrogen and oxygen atoms in total. The van der Waals surface area contributed by atoms with Gasteiger partial charge in [0.2, 0.25) is 0 Å². The second-order valence-corrected chi connectivity index (χ2v) is 17.0. The Morgan fingerprint density at radius 3 is 2.34 bits per heavy atom. The molecular formula is C23H42O8Si. The van der Waals surface area contributed by atoms with E-state index >= 15 is 0 Å². The monoisotopic (exact) mass is 474 g/mol. The van der Waals surface area contributed by atoms with Crippen molar-refractivity contribution in [3.63, 3.8) is 0 Å². The van der Waals surface area contributed by atoms with Gasteiger partial charge in [0.05, 0.1) is 37.1 Å². The van der Waals surface area contributed by atoms with Gasteiger partial charge in [0, 0.05) is 32.3 Å². The molecule has 0 amide bonds. The Balaban J connectivity index is 1.60. The Bertz CT molecular complexity index is 727. The van der Waals surface area contributed by atoms with E-state index in [0.717, 1.165) is 0 Å². The summed E-state index contributed by atoms with van der Waals surface area (Å²) in [5, 5.41) is 30.7. The van der Waals surface area contributed by atoms with E-state index in [-0.39, 0.29) is 49.6 Å². The molecule has 0 saturated carbocycles. The van der Waals surface area contributed by atoms with E-state index < -0.39 is 37.0 Å². The van der Waals surface area contributed by atoms with Crippen molar-refractivity contribution in [3.8, 4) is 0 Å². The maximum atomic E-state index is 10.8. The van der Waals surface area contributed by atoms with Crippen molar-refractivity contribution in [1.29, 1.82) is 0 Å². The molecule has 9 heteroatoms. The first-order valence-electron chi connectivity index (χ1n) is 11.9. The molecule has 1 spiro atoms. The second kappa shape index (κ2) is 7.70. The van der Waals surface area contributed by atoms with Crippen LogP contribution in [0, 0.1) is 0 Å². The Kier molecular flexibility index (Phi) is 6.01. The quantitative estimate of drug-likeness (QED) is 0.520. The van der Waals surface area contributed by atoms with Crippen LogP contribution in [0.5, 0.6) is 0 Å². The summed E-state index contributed by atoms with van der Waals surface area (Å²) >= 11 is 0. The smallest absolute Gasteiger partial charge is 0.197 e. The predicted octanol–water partition coefficient (Wildman–Crippen LogP) is 2.09. The molecule has 0 aromatic carbocycles. The number of rotatable bonds is 5. The van der Waals surface area contributed by atoms with Crippen LogP contribution in [0.2, 0.25) is 18.1 Å². The standard InChI is InChI=1S/C23H42O8Si/c1-19(2,3)32(6,7)29-17-11-16-20(4,30-21(17,5)13-25)12-22-14-27-23(31-22,8-9-24)15(26)10-18(22)28-16/h15-18,24-26H,8-14H2,1-7H3/t15-,16+,17-,18+,20-,21+,22-,23-/m0/s1. The fourth-order valence-corrected chi connectivity index (χ4v) is 7.14. The van der Waals surface area contributed by atoms with Gasteiger partial charge in [0.15, 0.2) is 14.1 Å². The molecule has 2 bridgehead atoms. The lowest BCUT2D eigenvalue weighted by atomic mass is 9.71. The van der Waals surface area contributed by atoms with Crippen LogP contribution >= 0.6 is 0 Å². The Labute approximate surface area is 192 Å². The summed E-state index contributed by atoms with van der Waals surface area (Å²) in [4.78, 5) is 0. The lowest BCUT2D eigenvalue weighted by molar-refractivity contribution is -0.367. The minimum atomic E-state index is -2.11. The van der Waals surface area contributed by atoms with Crippen molar-refractivity contribution < 1.29 is 38.7 Å². The normalized spacial score (nSPS) is 48.9. The van der Waals surface area contributed by atoms with E-state index in [9.17, 15) is 15.3 Å². The van der Waals surface area contributed by atoms with E-state index in [1.807, 2.05) is 13.8 Å². The van der Waals surface area contributed by atoms with Crippen LogP contribution in [0.1, 0.15) is 60.3 Å². The van der Waals surface area contributed by atoms with Gasteiger partial charge < -0.3 is 38.7 Å². The largest absolute Gasteiger partial charge is 0.411 e. The Hall–Kier alpha value is -0.103. The third-order valence-corrected chi connectivity index (χ3v) is 13.2. The lowest BCUT2D eigenvalue weighted by Crippen LogP contribution is -2.73. The molecule has 0 aliphatic carbocycles. The molecule has 8 atom stereocenters. The van der Waals surface area contributed by atoms with Gasteiger partial charge in [-0.05, 0) is 32.0 Å². The number of aliphatic hydroxyl groups is 3. The summed E-state index contributed by atoms with van der Waals surface area (Å²) in [6.45, 7) is 14.9. The van der Waals surface area contributed by atoms with Gasteiger partial charge in [-0.1, -0.05) is 20.8 Å². The van der Waals surface area contributed by atoms with E-state index in [2.05, 4.69) is 33.9 Å². The van der Waals surface area contributed by atoms with E-state index in [1.54, 1.807) is 0 Å². The molecule has 3 N–H and O–H groups in total. The van der Waals surface area contributed by atoms with Crippen LogP contribution in [0.15, 0.2) is 0 Å². The molecule has 32 heavy (non-hydrogen) atoms. The number of hydrogen-bond donors (Lipinski definition) is 3. The number of ether oxygens (including phenoxy) is 4. The fraction of sp³-hybridized carbons (Fsp3) is 1.00. The highest BCUT2D eigenvalue weighted by atomic mass is 28.4. The zero-order chi connectivity index (χ0) is 23.8. The van der Waals surface area contributed by atoms with Gasteiger partial charge >= 0.3 is 0 Å². The fourth-order valence-electron chi connectivity index (χ4n) is 5.73. The molecule has 186 valence electrons. The van der Waals surface area contributed by atoms with Crippen LogP contribution in [0.25, 0.3) is 0 Å². The zero-order valence-electron chi connectivity index (χ0n) is 20.6. The lowest BCUT2D eigenvalue weighted by Gasteiger charge is -2.61. The van der Waals surface area contributed by atoms with Crippen LogP contribution in [0.3, 0.4) is 0 Å². The summed E-state index contributed by atoms with van der Waals surface area (Å²) in [6, 6.07) is 0. The molecular weight excluding hydrogens is 432 g/mol. The third-order valence-electron chi connectivity index (χ3n) is 8.72. The Morgan fingerprint density at radius 2 is 1.75 bits per heavy atom. The van der Waals surface area contributed by atoms with Crippen molar-refractivity contribution in [2.75, 3.05) is 19.8 Å². The second-order valence-electron chi connectivity index (χ2n) is 12.3. The van der Waals surface area contributed by atoms with Gasteiger partial charge in [0.1, 0.15) is 17.3 Å². The average molecular weight is 475 g/mol. The van der Waals surface area contributed by atoms with Crippen molar-refractivity contribution in [1.82, 2.24) is 0 Å². The molecule has 4 rings (SSSR count). The maximum Gasteiger partial charge on any atom is 0.197 e. The summed E-state index contributed by atoms with van der Waals surface area (Å²) in [6.07, 6.45) is -0.0368.